The lowest BCUT2D eigenvalue weighted by Gasteiger charge is -2.36. The van der Waals surface area contributed by atoms with E-state index in [9.17, 15) is 9.18 Å². The fourth-order valence-corrected chi connectivity index (χ4v) is 4.95. The van der Waals surface area contributed by atoms with Crippen LogP contribution in [-0.2, 0) is 0 Å². The minimum atomic E-state index is -0.323. The molecule has 0 spiro atoms. The number of para-hydroxylation sites is 2. The summed E-state index contributed by atoms with van der Waals surface area (Å²) in [5.41, 5.74) is 5.00. The average Bonchev–Trinajstić information content (AvgIpc) is 3.42. The summed E-state index contributed by atoms with van der Waals surface area (Å²) in [5.74, 6) is 0.409. The van der Waals surface area contributed by atoms with Gasteiger partial charge >= 0.3 is 0 Å². The Bertz CT molecular complexity index is 1610. The Labute approximate surface area is 226 Å². The molecule has 0 aliphatic carbocycles. The predicted molar refractivity (Wildman–Crippen MR) is 150 cm³/mol. The van der Waals surface area contributed by atoms with Gasteiger partial charge in [-0.3, -0.25) is 4.79 Å². The van der Waals surface area contributed by atoms with Gasteiger partial charge in [0.15, 0.2) is 5.65 Å². The molecular formula is C31H28FN5O2. The van der Waals surface area contributed by atoms with E-state index in [-0.39, 0.29) is 11.7 Å². The second-order valence-electron chi connectivity index (χ2n) is 9.38. The third kappa shape index (κ3) is 4.93. The second kappa shape index (κ2) is 10.6. The quantitative estimate of drug-likeness (QED) is 0.293. The van der Waals surface area contributed by atoms with Crippen molar-refractivity contribution in [3.05, 3.63) is 103 Å². The molecule has 1 aliphatic heterocycles. The number of ether oxygens (including phenoxy) is 1. The maximum absolute atomic E-state index is 13.9. The van der Waals surface area contributed by atoms with Crippen molar-refractivity contribution in [2.24, 2.45) is 0 Å². The number of hydrogen-bond acceptors (Lipinski definition) is 5. The number of nitrogens with zero attached hydrogens (tertiary/aromatic N) is 5. The van der Waals surface area contributed by atoms with Crippen LogP contribution in [0.2, 0.25) is 0 Å². The number of anilines is 1. The molecule has 196 valence electrons. The summed E-state index contributed by atoms with van der Waals surface area (Å²) in [7, 11) is 0. The molecule has 6 rings (SSSR count). The molecule has 1 fully saturated rings. The largest absolute Gasteiger partial charge is 0.492 e. The zero-order valence-corrected chi connectivity index (χ0v) is 21.6. The van der Waals surface area contributed by atoms with E-state index in [1.807, 2.05) is 66.4 Å². The van der Waals surface area contributed by atoms with Crippen LogP contribution in [0.5, 0.6) is 5.75 Å². The molecule has 0 radical (unpaired) electrons. The highest BCUT2D eigenvalue weighted by atomic mass is 19.1. The summed E-state index contributed by atoms with van der Waals surface area (Å²) in [6, 6.07) is 27.6. The van der Waals surface area contributed by atoms with Crippen molar-refractivity contribution in [2.45, 2.75) is 6.92 Å². The summed E-state index contributed by atoms with van der Waals surface area (Å²) in [4.78, 5) is 22.8. The summed E-state index contributed by atoms with van der Waals surface area (Å²) in [6.45, 7) is 5.05. The van der Waals surface area contributed by atoms with Gasteiger partial charge < -0.3 is 14.5 Å². The molecule has 39 heavy (non-hydrogen) atoms. The molecule has 7 nitrogen and oxygen atoms in total. The Balaban J connectivity index is 1.33. The maximum Gasteiger partial charge on any atom is 0.272 e. The number of carbonyl (C=O) groups is 1. The average molecular weight is 522 g/mol. The van der Waals surface area contributed by atoms with Gasteiger partial charge in [0.05, 0.1) is 23.7 Å². The molecule has 1 saturated heterocycles. The fourth-order valence-electron chi connectivity index (χ4n) is 4.95. The molecule has 2 aromatic heterocycles. The molecule has 0 unspecified atom stereocenters. The van der Waals surface area contributed by atoms with Gasteiger partial charge in [0.25, 0.3) is 5.91 Å². The number of carbonyl (C=O) groups excluding carboxylic acids is 1. The molecule has 0 atom stereocenters. The number of rotatable bonds is 6. The number of amides is 1. The van der Waals surface area contributed by atoms with Gasteiger partial charge in [-0.25, -0.2) is 13.9 Å². The van der Waals surface area contributed by atoms with Gasteiger partial charge in [-0.2, -0.15) is 5.10 Å². The molecule has 8 heteroatoms. The zero-order chi connectivity index (χ0) is 26.8. The van der Waals surface area contributed by atoms with Gasteiger partial charge in [0.1, 0.15) is 17.3 Å². The third-order valence-corrected chi connectivity index (χ3v) is 6.93. The van der Waals surface area contributed by atoms with Crippen LogP contribution in [0.25, 0.3) is 28.2 Å². The van der Waals surface area contributed by atoms with Crippen molar-refractivity contribution < 1.29 is 13.9 Å². The Morgan fingerprint density at radius 2 is 1.54 bits per heavy atom. The molecule has 1 amide bonds. The molecule has 0 saturated carbocycles. The smallest absolute Gasteiger partial charge is 0.272 e. The van der Waals surface area contributed by atoms with Gasteiger partial charge in [-0.05, 0) is 49.4 Å². The van der Waals surface area contributed by atoms with Crippen LogP contribution in [0.15, 0.2) is 91.0 Å². The van der Waals surface area contributed by atoms with Crippen LogP contribution >= 0.6 is 0 Å². The van der Waals surface area contributed by atoms with Crippen molar-refractivity contribution >= 4 is 17.2 Å². The van der Waals surface area contributed by atoms with Gasteiger partial charge in [-0.1, -0.05) is 42.5 Å². The monoisotopic (exact) mass is 521 g/mol. The summed E-state index contributed by atoms with van der Waals surface area (Å²) in [6.07, 6.45) is 0. The van der Waals surface area contributed by atoms with Crippen molar-refractivity contribution in [3.63, 3.8) is 0 Å². The molecule has 0 N–H and O–H groups in total. The lowest BCUT2D eigenvalue weighted by molar-refractivity contribution is 0.0737. The lowest BCUT2D eigenvalue weighted by Crippen LogP contribution is -2.49. The lowest BCUT2D eigenvalue weighted by atomic mass is 10.1. The number of piperazine rings is 1. The van der Waals surface area contributed by atoms with E-state index >= 15 is 0 Å². The van der Waals surface area contributed by atoms with Crippen molar-refractivity contribution in [1.82, 2.24) is 19.5 Å². The predicted octanol–water partition coefficient (Wildman–Crippen LogP) is 5.56. The van der Waals surface area contributed by atoms with Crippen LogP contribution < -0.4 is 9.64 Å². The maximum atomic E-state index is 13.9. The first-order chi connectivity index (χ1) is 19.1. The first-order valence-corrected chi connectivity index (χ1v) is 13.1. The van der Waals surface area contributed by atoms with Crippen LogP contribution in [-0.4, -0.2) is 58.2 Å². The van der Waals surface area contributed by atoms with Gasteiger partial charge in [0.2, 0.25) is 0 Å². The molecular weight excluding hydrogens is 493 g/mol. The Morgan fingerprint density at radius 3 is 2.28 bits per heavy atom. The molecule has 3 heterocycles. The highest BCUT2D eigenvalue weighted by molar-refractivity contribution is 5.94. The number of fused-ring (bicyclic) bond motifs is 1. The van der Waals surface area contributed by atoms with Crippen LogP contribution in [0, 0.1) is 5.82 Å². The number of aromatic nitrogens is 3. The molecule has 0 bridgehead atoms. The van der Waals surface area contributed by atoms with Crippen molar-refractivity contribution in [1.29, 1.82) is 0 Å². The van der Waals surface area contributed by atoms with E-state index in [2.05, 4.69) is 11.0 Å². The highest BCUT2D eigenvalue weighted by Gasteiger charge is 2.27. The van der Waals surface area contributed by atoms with E-state index in [0.717, 1.165) is 28.3 Å². The topological polar surface area (TPSA) is 63.0 Å². The first kappa shape index (κ1) is 24.6. The second-order valence-corrected chi connectivity index (χ2v) is 9.38. The summed E-state index contributed by atoms with van der Waals surface area (Å²) in [5, 5.41) is 4.76. The minimum Gasteiger partial charge on any atom is -0.492 e. The Morgan fingerprint density at radius 1 is 0.846 bits per heavy atom. The summed E-state index contributed by atoms with van der Waals surface area (Å²) >= 11 is 0. The standard InChI is InChI=1S/C31H28FN5O2/c1-2-39-29-11-7-6-10-27(29)35-16-18-36(19-17-35)31(38)28-20-25(23-12-14-24(32)15-13-23)33-30-21-26(34-37(28)30)22-8-4-3-5-9-22/h3-15,20-21H,2,16-19H2,1H3. The van der Waals surface area contributed by atoms with Crippen molar-refractivity contribution in [3.8, 4) is 28.3 Å². The van der Waals surface area contributed by atoms with E-state index in [4.69, 9.17) is 14.8 Å². The van der Waals surface area contributed by atoms with E-state index in [1.165, 1.54) is 12.1 Å². The number of halogens is 1. The van der Waals surface area contributed by atoms with Crippen LogP contribution in [0.1, 0.15) is 17.4 Å². The number of hydrogen-bond donors (Lipinski definition) is 0. The first-order valence-electron chi connectivity index (χ1n) is 13.1. The van der Waals surface area contributed by atoms with Crippen LogP contribution in [0.3, 0.4) is 0 Å². The number of benzene rings is 3. The molecule has 3 aromatic carbocycles. The van der Waals surface area contributed by atoms with Crippen molar-refractivity contribution in [2.75, 3.05) is 37.7 Å². The summed E-state index contributed by atoms with van der Waals surface area (Å²) < 4.78 is 21.1. The van der Waals surface area contributed by atoms with E-state index < -0.39 is 0 Å². The molecule has 5 aromatic rings. The zero-order valence-electron chi connectivity index (χ0n) is 21.6. The SMILES string of the molecule is CCOc1ccccc1N1CCN(C(=O)c2cc(-c3ccc(F)cc3)nc3cc(-c4ccccc4)nn23)CC1. The van der Waals surface area contributed by atoms with E-state index in [0.29, 0.717) is 49.8 Å². The fraction of sp³-hybridized carbons (Fsp3) is 0.194. The Kier molecular flexibility index (Phi) is 6.67. The third-order valence-electron chi connectivity index (χ3n) is 6.93. The molecule has 1 aliphatic rings. The van der Waals surface area contributed by atoms with Gasteiger partial charge in [-0.15, -0.1) is 0 Å². The van der Waals surface area contributed by atoms with E-state index in [1.54, 1.807) is 22.7 Å². The van der Waals surface area contributed by atoms with Gasteiger partial charge in [0, 0.05) is 43.4 Å². The minimum absolute atomic E-state index is 0.119. The van der Waals surface area contributed by atoms with Crippen LogP contribution in [0.4, 0.5) is 10.1 Å². The Hall–Kier alpha value is -4.72. The highest BCUT2D eigenvalue weighted by Crippen LogP contribution is 2.30. The normalized spacial score (nSPS) is 13.6.